The van der Waals surface area contributed by atoms with E-state index in [9.17, 15) is 9.90 Å². The topological polar surface area (TPSA) is 85.0 Å². The molecular weight excluding hydrogens is 260 g/mol. The third-order valence-electron chi connectivity index (χ3n) is 5.51. The molecule has 1 aliphatic carbocycles. The Bertz CT molecular complexity index is 414. The number of amides is 1. The number of morpholine rings is 1. The van der Waals surface area contributed by atoms with Gasteiger partial charge in [0.1, 0.15) is 5.54 Å². The maximum absolute atomic E-state index is 13.0. The van der Waals surface area contributed by atoms with Gasteiger partial charge < -0.3 is 25.2 Å². The fourth-order valence-electron chi connectivity index (χ4n) is 4.13. The molecule has 3 rings (SSSR count). The van der Waals surface area contributed by atoms with Crippen molar-refractivity contribution in [3.63, 3.8) is 0 Å². The summed E-state index contributed by atoms with van der Waals surface area (Å²) in [4.78, 5) is 14.7. The zero-order valence-electron chi connectivity index (χ0n) is 12.2. The van der Waals surface area contributed by atoms with Gasteiger partial charge in [-0.25, -0.2) is 0 Å². The minimum Gasteiger partial charge on any atom is -0.394 e. The summed E-state index contributed by atoms with van der Waals surface area (Å²) in [5.41, 5.74) is 5.30. The van der Waals surface area contributed by atoms with Gasteiger partial charge in [0.05, 0.1) is 32.0 Å². The van der Waals surface area contributed by atoms with Crippen LogP contribution in [0.4, 0.5) is 0 Å². The standard InChI is InChI=1S/C14H24N2O4/c1-13(2)11-10(3-5-20-11)14(13,15)12(18)16-4-6-19-8-9(16)7-17/h9-11,17H,3-8,15H2,1-2H3. The summed E-state index contributed by atoms with van der Waals surface area (Å²) in [6, 6.07) is -0.283. The molecule has 1 saturated carbocycles. The minimum absolute atomic E-state index is 0.0587. The normalized spacial score (nSPS) is 43.0. The molecule has 3 fully saturated rings. The van der Waals surface area contributed by atoms with Gasteiger partial charge >= 0.3 is 0 Å². The van der Waals surface area contributed by atoms with Crippen molar-refractivity contribution >= 4 is 5.91 Å². The molecule has 6 nitrogen and oxygen atoms in total. The molecule has 2 saturated heterocycles. The van der Waals surface area contributed by atoms with Crippen molar-refractivity contribution in [3.05, 3.63) is 0 Å². The molecule has 1 amide bonds. The number of rotatable bonds is 2. The Kier molecular flexibility index (Phi) is 3.32. The highest BCUT2D eigenvalue weighted by atomic mass is 16.5. The van der Waals surface area contributed by atoms with E-state index in [4.69, 9.17) is 15.2 Å². The monoisotopic (exact) mass is 284 g/mol. The number of aliphatic hydroxyl groups is 1. The summed E-state index contributed by atoms with van der Waals surface area (Å²) in [7, 11) is 0. The Morgan fingerprint density at radius 1 is 1.45 bits per heavy atom. The molecule has 3 aliphatic rings. The smallest absolute Gasteiger partial charge is 0.244 e. The first-order chi connectivity index (χ1) is 9.44. The molecule has 4 atom stereocenters. The lowest BCUT2D eigenvalue weighted by atomic mass is 9.47. The van der Waals surface area contributed by atoms with E-state index >= 15 is 0 Å². The first-order valence-corrected chi connectivity index (χ1v) is 7.34. The van der Waals surface area contributed by atoms with Crippen molar-refractivity contribution in [1.82, 2.24) is 4.90 Å². The third kappa shape index (κ3) is 1.62. The number of ether oxygens (including phenoxy) is 2. The quantitative estimate of drug-likeness (QED) is 0.704. The minimum atomic E-state index is -0.890. The van der Waals surface area contributed by atoms with Crippen molar-refractivity contribution in [2.45, 2.75) is 38.0 Å². The molecule has 0 aromatic carbocycles. The Morgan fingerprint density at radius 2 is 2.20 bits per heavy atom. The van der Waals surface area contributed by atoms with Crippen molar-refractivity contribution in [2.75, 3.05) is 33.0 Å². The lowest BCUT2D eigenvalue weighted by molar-refractivity contribution is -0.191. The van der Waals surface area contributed by atoms with Crippen molar-refractivity contribution in [2.24, 2.45) is 17.1 Å². The molecule has 3 N–H and O–H groups in total. The highest BCUT2D eigenvalue weighted by Crippen LogP contribution is 2.58. The van der Waals surface area contributed by atoms with Crippen LogP contribution in [0.3, 0.4) is 0 Å². The van der Waals surface area contributed by atoms with Gasteiger partial charge in [-0.15, -0.1) is 0 Å². The molecule has 6 heteroatoms. The average molecular weight is 284 g/mol. The van der Waals surface area contributed by atoms with Crippen LogP contribution in [0.1, 0.15) is 20.3 Å². The summed E-state index contributed by atoms with van der Waals surface area (Å²) >= 11 is 0. The summed E-state index contributed by atoms with van der Waals surface area (Å²) in [6.07, 6.45) is 0.912. The molecule has 2 aliphatic heterocycles. The zero-order valence-corrected chi connectivity index (χ0v) is 12.2. The molecule has 2 heterocycles. The van der Waals surface area contributed by atoms with Gasteiger partial charge in [0, 0.05) is 24.5 Å². The Labute approximate surface area is 119 Å². The van der Waals surface area contributed by atoms with Gasteiger partial charge in [0.25, 0.3) is 0 Å². The van der Waals surface area contributed by atoms with E-state index in [1.54, 1.807) is 4.90 Å². The van der Waals surface area contributed by atoms with E-state index in [-0.39, 0.29) is 36.0 Å². The van der Waals surface area contributed by atoms with E-state index in [0.717, 1.165) is 6.42 Å². The summed E-state index contributed by atoms with van der Waals surface area (Å²) in [6.45, 7) is 5.98. The van der Waals surface area contributed by atoms with Gasteiger partial charge in [-0.2, -0.15) is 0 Å². The SMILES string of the molecule is CC1(C)C2OCCC2C1(N)C(=O)N1CCOCC1CO. The van der Waals surface area contributed by atoms with Crippen LogP contribution in [0.25, 0.3) is 0 Å². The van der Waals surface area contributed by atoms with Gasteiger partial charge in [-0.1, -0.05) is 13.8 Å². The van der Waals surface area contributed by atoms with E-state index in [2.05, 4.69) is 0 Å². The fraction of sp³-hybridized carbons (Fsp3) is 0.929. The largest absolute Gasteiger partial charge is 0.394 e. The highest BCUT2D eigenvalue weighted by molar-refractivity contribution is 5.90. The zero-order chi connectivity index (χ0) is 14.5. The van der Waals surface area contributed by atoms with Crippen molar-refractivity contribution < 1.29 is 19.4 Å². The van der Waals surface area contributed by atoms with Crippen LogP contribution in [-0.4, -0.2) is 66.6 Å². The molecule has 0 aromatic heterocycles. The van der Waals surface area contributed by atoms with Crippen LogP contribution in [0.2, 0.25) is 0 Å². The molecule has 4 unspecified atom stereocenters. The van der Waals surface area contributed by atoms with E-state index in [1.807, 2.05) is 13.8 Å². The molecule has 20 heavy (non-hydrogen) atoms. The van der Waals surface area contributed by atoms with E-state index < -0.39 is 5.54 Å². The molecule has 0 spiro atoms. The van der Waals surface area contributed by atoms with Crippen LogP contribution in [0, 0.1) is 11.3 Å². The second-order valence-corrected chi connectivity index (χ2v) is 6.69. The first-order valence-electron chi connectivity index (χ1n) is 7.34. The fourth-order valence-corrected chi connectivity index (χ4v) is 4.13. The van der Waals surface area contributed by atoms with E-state index in [0.29, 0.717) is 26.4 Å². The molecule has 0 bridgehead atoms. The van der Waals surface area contributed by atoms with Crippen LogP contribution in [0.15, 0.2) is 0 Å². The number of nitrogens with two attached hydrogens (primary N) is 1. The number of carbonyl (C=O) groups is 1. The molecular formula is C14H24N2O4. The van der Waals surface area contributed by atoms with Crippen molar-refractivity contribution in [1.29, 1.82) is 0 Å². The predicted octanol–water partition coefficient (Wildman–Crippen LogP) is -0.651. The highest BCUT2D eigenvalue weighted by Gasteiger charge is 2.72. The average Bonchev–Trinajstić information content (AvgIpc) is 2.94. The first kappa shape index (κ1) is 14.3. The third-order valence-corrected chi connectivity index (χ3v) is 5.51. The van der Waals surface area contributed by atoms with E-state index in [1.165, 1.54) is 0 Å². The van der Waals surface area contributed by atoms with Crippen LogP contribution >= 0.6 is 0 Å². The van der Waals surface area contributed by atoms with Gasteiger partial charge in [-0.05, 0) is 6.42 Å². The lowest BCUT2D eigenvalue weighted by Crippen LogP contribution is -2.81. The maximum atomic E-state index is 13.0. The number of aliphatic hydroxyl groups excluding tert-OH is 1. The number of hydrogen-bond acceptors (Lipinski definition) is 5. The van der Waals surface area contributed by atoms with Crippen LogP contribution in [0.5, 0.6) is 0 Å². The summed E-state index contributed by atoms with van der Waals surface area (Å²) in [5.74, 6) is 0.0313. The van der Waals surface area contributed by atoms with Gasteiger partial charge in [0.2, 0.25) is 5.91 Å². The number of carbonyl (C=O) groups excluding carboxylic acids is 1. The van der Waals surface area contributed by atoms with Crippen molar-refractivity contribution in [3.8, 4) is 0 Å². The molecule has 0 radical (unpaired) electrons. The van der Waals surface area contributed by atoms with Gasteiger partial charge in [-0.3, -0.25) is 4.79 Å². The van der Waals surface area contributed by atoms with Crippen LogP contribution in [-0.2, 0) is 14.3 Å². The number of fused-ring (bicyclic) bond motifs is 1. The summed E-state index contributed by atoms with van der Waals surface area (Å²) in [5, 5.41) is 9.44. The maximum Gasteiger partial charge on any atom is 0.244 e. The second kappa shape index (κ2) is 4.66. The number of hydrogen-bond donors (Lipinski definition) is 2. The Balaban J connectivity index is 1.85. The summed E-state index contributed by atoms with van der Waals surface area (Å²) < 4.78 is 11.1. The predicted molar refractivity (Wildman–Crippen MR) is 72.0 cm³/mol. The Morgan fingerprint density at radius 3 is 2.90 bits per heavy atom. The Hall–Kier alpha value is -0.690. The molecule has 114 valence electrons. The van der Waals surface area contributed by atoms with Gasteiger partial charge in [0.15, 0.2) is 0 Å². The molecule has 0 aromatic rings. The van der Waals surface area contributed by atoms with Crippen LogP contribution < -0.4 is 5.73 Å². The second-order valence-electron chi connectivity index (χ2n) is 6.69. The lowest BCUT2D eigenvalue weighted by Gasteiger charge is -2.62. The number of nitrogens with zero attached hydrogens (tertiary/aromatic N) is 1.